The van der Waals surface area contributed by atoms with Gasteiger partial charge in [-0.1, -0.05) is 32.0 Å². The molecule has 0 unspecified atom stereocenters. The summed E-state index contributed by atoms with van der Waals surface area (Å²) in [7, 11) is 0. The molecule has 4 nitrogen and oxygen atoms in total. The summed E-state index contributed by atoms with van der Waals surface area (Å²) >= 11 is 0. The summed E-state index contributed by atoms with van der Waals surface area (Å²) in [6.45, 7) is 6.38. The van der Waals surface area contributed by atoms with Gasteiger partial charge in [0.2, 0.25) is 0 Å². The van der Waals surface area contributed by atoms with E-state index < -0.39 is 0 Å². The van der Waals surface area contributed by atoms with Crippen LogP contribution in [-0.4, -0.2) is 24.0 Å². The number of carbonyl (C=O) groups excluding carboxylic acids is 1. The Balaban J connectivity index is 1.75. The number of hydrogen-bond acceptors (Lipinski definition) is 3. The molecule has 1 aromatic carbocycles. The van der Waals surface area contributed by atoms with E-state index in [2.05, 4.69) is 47.2 Å². The number of benzene rings is 1. The summed E-state index contributed by atoms with van der Waals surface area (Å²) in [6.07, 6.45) is 7.38. The zero-order valence-corrected chi connectivity index (χ0v) is 15.2. The van der Waals surface area contributed by atoms with E-state index in [0.29, 0.717) is 5.69 Å². The van der Waals surface area contributed by atoms with Crippen LogP contribution in [0.2, 0.25) is 0 Å². The van der Waals surface area contributed by atoms with Crippen LogP contribution in [0.25, 0.3) is 0 Å². The predicted octanol–water partition coefficient (Wildman–Crippen LogP) is 4.45. The summed E-state index contributed by atoms with van der Waals surface area (Å²) in [4.78, 5) is 19.4. The Kier molecular flexibility index (Phi) is 5.69. The number of nitrogens with zero attached hydrogens (tertiary/aromatic N) is 2. The molecule has 1 saturated heterocycles. The Bertz CT molecular complexity index is 696. The van der Waals surface area contributed by atoms with Gasteiger partial charge in [0, 0.05) is 18.8 Å². The number of rotatable bonds is 5. The Labute approximate surface area is 150 Å². The highest BCUT2D eigenvalue weighted by atomic mass is 16.1. The summed E-state index contributed by atoms with van der Waals surface area (Å²) in [5.74, 6) is -0.138. The molecule has 4 heteroatoms. The summed E-state index contributed by atoms with van der Waals surface area (Å²) < 4.78 is 0. The molecule has 3 rings (SSSR count). The van der Waals surface area contributed by atoms with E-state index in [-0.39, 0.29) is 5.91 Å². The van der Waals surface area contributed by atoms with E-state index in [1.807, 2.05) is 18.3 Å². The van der Waals surface area contributed by atoms with E-state index in [0.717, 1.165) is 48.4 Å². The number of aryl methyl sites for hydroxylation is 2. The number of nitrogens with one attached hydrogen (secondary N) is 1. The molecule has 1 aliphatic rings. The molecule has 0 atom stereocenters. The van der Waals surface area contributed by atoms with Crippen molar-refractivity contribution >= 4 is 17.3 Å². The molecule has 0 spiro atoms. The van der Waals surface area contributed by atoms with Crippen LogP contribution in [0.15, 0.2) is 36.5 Å². The molecule has 0 bridgehead atoms. The first-order valence-electron chi connectivity index (χ1n) is 9.36. The van der Waals surface area contributed by atoms with Gasteiger partial charge >= 0.3 is 0 Å². The van der Waals surface area contributed by atoms with Crippen molar-refractivity contribution in [3.8, 4) is 0 Å². The van der Waals surface area contributed by atoms with Gasteiger partial charge in [-0.2, -0.15) is 0 Å². The SMILES string of the molecule is CCc1cccc(CC)c1NC(=O)c1ccc(N2CCCCC2)cn1. The summed E-state index contributed by atoms with van der Waals surface area (Å²) in [5, 5.41) is 3.08. The van der Waals surface area contributed by atoms with Crippen LogP contribution in [0.5, 0.6) is 0 Å². The Morgan fingerprint density at radius 2 is 1.72 bits per heavy atom. The fourth-order valence-electron chi connectivity index (χ4n) is 3.44. The maximum atomic E-state index is 12.7. The molecule has 132 valence electrons. The van der Waals surface area contributed by atoms with Crippen molar-refractivity contribution < 1.29 is 4.79 Å². The van der Waals surface area contributed by atoms with Crippen LogP contribution >= 0.6 is 0 Å². The van der Waals surface area contributed by atoms with Crippen LogP contribution in [0.1, 0.15) is 54.7 Å². The molecular formula is C21H27N3O. The lowest BCUT2D eigenvalue weighted by molar-refractivity contribution is 0.102. The number of piperidine rings is 1. The largest absolute Gasteiger partial charge is 0.370 e. The average Bonchev–Trinajstić information content (AvgIpc) is 2.69. The van der Waals surface area contributed by atoms with E-state index >= 15 is 0 Å². The van der Waals surface area contributed by atoms with Gasteiger partial charge < -0.3 is 10.2 Å². The van der Waals surface area contributed by atoms with Crippen molar-refractivity contribution in [3.05, 3.63) is 53.3 Å². The van der Waals surface area contributed by atoms with Gasteiger partial charge in [-0.3, -0.25) is 4.79 Å². The quantitative estimate of drug-likeness (QED) is 0.877. The van der Waals surface area contributed by atoms with Gasteiger partial charge in [-0.25, -0.2) is 4.98 Å². The third kappa shape index (κ3) is 4.01. The maximum absolute atomic E-state index is 12.7. The van der Waals surface area contributed by atoms with Crippen molar-refractivity contribution in [2.75, 3.05) is 23.3 Å². The van der Waals surface area contributed by atoms with Crippen LogP contribution in [0.3, 0.4) is 0 Å². The number of para-hydroxylation sites is 1. The fraction of sp³-hybridized carbons (Fsp3) is 0.429. The van der Waals surface area contributed by atoms with Crippen molar-refractivity contribution in [3.63, 3.8) is 0 Å². The molecule has 25 heavy (non-hydrogen) atoms. The smallest absolute Gasteiger partial charge is 0.274 e. The normalized spacial score (nSPS) is 14.4. The number of amides is 1. The molecule has 0 radical (unpaired) electrons. The van der Waals surface area contributed by atoms with Crippen molar-refractivity contribution in [1.29, 1.82) is 0 Å². The highest BCUT2D eigenvalue weighted by Crippen LogP contribution is 2.24. The number of aromatic nitrogens is 1. The second-order valence-electron chi connectivity index (χ2n) is 6.56. The zero-order valence-electron chi connectivity index (χ0n) is 15.2. The predicted molar refractivity (Wildman–Crippen MR) is 103 cm³/mol. The molecule has 1 aliphatic heterocycles. The molecule has 2 heterocycles. The lowest BCUT2D eigenvalue weighted by Gasteiger charge is -2.28. The van der Waals surface area contributed by atoms with E-state index in [9.17, 15) is 4.79 Å². The van der Waals surface area contributed by atoms with E-state index in [1.165, 1.54) is 19.3 Å². The third-order valence-corrected chi connectivity index (χ3v) is 4.94. The second kappa shape index (κ2) is 8.15. The highest BCUT2D eigenvalue weighted by molar-refractivity contribution is 6.03. The van der Waals surface area contributed by atoms with Gasteiger partial charge in [-0.15, -0.1) is 0 Å². The minimum atomic E-state index is -0.138. The number of carbonyl (C=O) groups is 1. The second-order valence-corrected chi connectivity index (χ2v) is 6.56. The van der Waals surface area contributed by atoms with Gasteiger partial charge in [0.15, 0.2) is 0 Å². The molecular weight excluding hydrogens is 310 g/mol. The Hall–Kier alpha value is -2.36. The van der Waals surface area contributed by atoms with E-state index in [4.69, 9.17) is 0 Å². The standard InChI is InChI=1S/C21H27N3O/c1-3-16-9-8-10-17(4-2)20(16)23-21(25)19-12-11-18(15-22-19)24-13-6-5-7-14-24/h8-12,15H,3-7,13-14H2,1-2H3,(H,23,25). The van der Waals surface area contributed by atoms with Crippen molar-refractivity contribution in [2.45, 2.75) is 46.0 Å². The Morgan fingerprint density at radius 1 is 1.04 bits per heavy atom. The summed E-state index contributed by atoms with van der Waals surface area (Å²) in [6, 6.07) is 10.0. The Morgan fingerprint density at radius 3 is 2.28 bits per heavy atom. The topological polar surface area (TPSA) is 45.2 Å². The van der Waals surface area contributed by atoms with Gasteiger partial charge in [0.1, 0.15) is 5.69 Å². The first-order valence-corrected chi connectivity index (χ1v) is 9.36. The molecule has 2 aromatic rings. The molecule has 1 amide bonds. The molecule has 1 fully saturated rings. The fourth-order valence-corrected chi connectivity index (χ4v) is 3.44. The van der Waals surface area contributed by atoms with Gasteiger partial charge in [-0.05, 0) is 55.4 Å². The van der Waals surface area contributed by atoms with Gasteiger partial charge in [0.25, 0.3) is 5.91 Å². The minimum Gasteiger partial charge on any atom is -0.370 e. The summed E-state index contributed by atoms with van der Waals surface area (Å²) in [5.41, 5.74) is 4.85. The number of pyridine rings is 1. The average molecular weight is 337 g/mol. The monoisotopic (exact) mass is 337 g/mol. The zero-order chi connectivity index (χ0) is 17.6. The number of hydrogen-bond donors (Lipinski definition) is 1. The minimum absolute atomic E-state index is 0.138. The molecule has 0 saturated carbocycles. The van der Waals surface area contributed by atoms with E-state index in [1.54, 1.807) is 0 Å². The van der Waals surface area contributed by atoms with Gasteiger partial charge in [0.05, 0.1) is 11.9 Å². The van der Waals surface area contributed by atoms with Crippen molar-refractivity contribution in [1.82, 2.24) is 4.98 Å². The molecule has 1 aromatic heterocycles. The van der Waals surface area contributed by atoms with Crippen LogP contribution in [0.4, 0.5) is 11.4 Å². The first-order chi connectivity index (χ1) is 12.2. The lowest BCUT2D eigenvalue weighted by atomic mass is 10.0. The van der Waals surface area contributed by atoms with Crippen LogP contribution in [0, 0.1) is 0 Å². The lowest BCUT2D eigenvalue weighted by Crippen LogP contribution is -2.29. The molecule has 1 N–H and O–H groups in total. The molecule has 0 aliphatic carbocycles. The van der Waals surface area contributed by atoms with Crippen molar-refractivity contribution in [2.24, 2.45) is 0 Å². The maximum Gasteiger partial charge on any atom is 0.274 e. The highest BCUT2D eigenvalue weighted by Gasteiger charge is 2.15. The third-order valence-electron chi connectivity index (χ3n) is 4.94. The van der Waals surface area contributed by atoms with Crippen LogP contribution < -0.4 is 10.2 Å². The van der Waals surface area contributed by atoms with Crippen LogP contribution in [-0.2, 0) is 12.8 Å². The first kappa shape index (κ1) is 17.5. The number of anilines is 2.